The van der Waals surface area contributed by atoms with Gasteiger partial charge in [-0.05, 0) is 42.4 Å². The Kier molecular flexibility index (Phi) is 4.67. The molecular weight excluding hydrogens is 184 g/mol. The number of aryl methyl sites for hydroxylation is 3. The van der Waals surface area contributed by atoms with E-state index in [2.05, 4.69) is 32.9 Å². The van der Waals surface area contributed by atoms with Crippen molar-refractivity contribution in [2.24, 2.45) is 0 Å². The molecule has 0 unspecified atom stereocenters. The molecule has 1 aromatic carbocycles. The Morgan fingerprint density at radius 1 is 1.00 bits per heavy atom. The third-order valence-electron chi connectivity index (χ3n) is 2.91. The normalized spacial score (nSPS) is 10.6. The van der Waals surface area contributed by atoms with Crippen molar-refractivity contribution in [3.63, 3.8) is 0 Å². The van der Waals surface area contributed by atoms with E-state index < -0.39 is 0 Å². The smallest absolute Gasteiger partial charge is 0.121 e. The average molecular weight is 206 g/mol. The highest BCUT2D eigenvalue weighted by atomic mass is 16.3. The Bertz CT molecular complexity index is 290. The zero-order valence-corrected chi connectivity index (χ0v) is 10.1. The number of unbranched alkanes of at least 4 members (excludes halogenated alkanes) is 1. The predicted molar refractivity (Wildman–Crippen MR) is 65.5 cm³/mol. The highest BCUT2D eigenvalue weighted by molar-refractivity contribution is 5.43. The van der Waals surface area contributed by atoms with Crippen LogP contribution in [0.1, 0.15) is 50.3 Å². The molecule has 84 valence electrons. The molecule has 1 nitrogen and oxygen atoms in total. The molecule has 0 aliphatic heterocycles. The second-order valence-electron chi connectivity index (χ2n) is 4.07. The molecule has 1 aromatic rings. The lowest BCUT2D eigenvalue weighted by molar-refractivity contribution is 0.462. The number of benzene rings is 1. The number of phenolic OH excluding ortho intramolecular Hbond substituents is 1. The molecule has 0 radical (unpaired) electrons. The van der Waals surface area contributed by atoms with Gasteiger partial charge in [0, 0.05) is 0 Å². The molecule has 0 aliphatic carbocycles. The molecule has 0 aliphatic rings. The molecule has 15 heavy (non-hydrogen) atoms. The van der Waals surface area contributed by atoms with E-state index in [1.807, 2.05) is 0 Å². The van der Waals surface area contributed by atoms with E-state index in [0.717, 1.165) is 30.4 Å². The molecule has 1 N–H and O–H groups in total. The summed E-state index contributed by atoms with van der Waals surface area (Å²) >= 11 is 0. The maximum absolute atomic E-state index is 9.94. The maximum Gasteiger partial charge on any atom is 0.121 e. The van der Waals surface area contributed by atoms with E-state index in [0.29, 0.717) is 5.75 Å². The predicted octanol–water partition coefficient (Wildman–Crippen LogP) is 3.86. The summed E-state index contributed by atoms with van der Waals surface area (Å²) in [6.07, 6.45) is 5.43. The van der Waals surface area contributed by atoms with E-state index in [9.17, 15) is 5.11 Å². The van der Waals surface area contributed by atoms with E-state index in [4.69, 9.17) is 0 Å². The first-order valence-corrected chi connectivity index (χ1v) is 6.06. The Morgan fingerprint density at radius 2 is 1.53 bits per heavy atom. The molecule has 0 bridgehead atoms. The van der Waals surface area contributed by atoms with E-state index >= 15 is 0 Å². The largest absolute Gasteiger partial charge is 0.507 e. The summed E-state index contributed by atoms with van der Waals surface area (Å²) in [5.41, 5.74) is 3.57. The highest BCUT2D eigenvalue weighted by Crippen LogP contribution is 2.26. The lowest BCUT2D eigenvalue weighted by atomic mass is 9.98. The highest BCUT2D eigenvalue weighted by Gasteiger charge is 2.06. The van der Waals surface area contributed by atoms with E-state index in [1.165, 1.54) is 18.4 Å². The number of aromatic hydroxyl groups is 1. The fourth-order valence-corrected chi connectivity index (χ4v) is 1.90. The van der Waals surface area contributed by atoms with Gasteiger partial charge in [0.1, 0.15) is 5.75 Å². The van der Waals surface area contributed by atoms with Gasteiger partial charge >= 0.3 is 0 Å². The van der Waals surface area contributed by atoms with Gasteiger partial charge in [-0.15, -0.1) is 0 Å². The molecule has 0 saturated heterocycles. The lowest BCUT2D eigenvalue weighted by Crippen LogP contribution is -1.94. The molecule has 0 aromatic heterocycles. The summed E-state index contributed by atoms with van der Waals surface area (Å²) in [5.74, 6) is 0.514. The topological polar surface area (TPSA) is 20.2 Å². The first kappa shape index (κ1) is 12.1. The monoisotopic (exact) mass is 206 g/mol. The van der Waals surface area contributed by atoms with Gasteiger partial charge in [0.25, 0.3) is 0 Å². The van der Waals surface area contributed by atoms with Gasteiger partial charge in [-0.1, -0.05) is 39.3 Å². The Balaban J connectivity index is 2.98. The van der Waals surface area contributed by atoms with Crippen LogP contribution in [0.4, 0.5) is 0 Å². The van der Waals surface area contributed by atoms with Crippen molar-refractivity contribution in [3.8, 4) is 5.75 Å². The number of phenols is 1. The van der Waals surface area contributed by atoms with Crippen molar-refractivity contribution < 1.29 is 5.11 Å². The Labute approximate surface area is 93.1 Å². The van der Waals surface area contributed by atoms with Crippen molar-refractivity contribution in [3.05, 3.63) is 28.8 Å². The molecule has 1 rings (SSSR count). The summed E-state index contributed by atoms with van der Waals surface area (Å²) in [5, 5.41) is 9.94. The van der Waals surface area contributed by atoms with Gasteiger partial charge in [-0.2, -0.15) is 0 Å². The number of rotatable bonds is 5. The van der Waals surface area contributed by atoms with Gasteiger partial charge in [0.15, 0.2) is 0 Å². The maximum atomic E-state index is 9.94. The van der Waals surface area contributed by atoms with Crippen LogP contribution >= 0.6 is 0 Å². The summed E-state index contributed by atoms with van der Waals surface area (Å²) in [7, 11) is 0. The third-order valence-corrected chi connectivity index (χ3v) is 2.91. The SMILES string of the molecule is CCCCc1cc(CC)c(O)c(CC)c1. The molecule has 0 saturated carbocycles. The number of hydrogen-bond acceptors (Lipinski definition) is 1. The fraction of sp³-hybridized carbons (Fsp3) is 0.571. The van der Waals surface area contributed by atoms with Crippen LogP contribution in [-0.4, -0.2) is 5.11 Å². The molecule has 0 atom stereocenters. The van der Waals surface area contributed by atoms with Gasteiger partial charge in [0.05, 0.1) is 0 Å². The van der Waals surface area contributed by atoms with Crippen molar-refractivity contribution >= 4 is 0 Å². The van der Waals surface area contributed by atoms with Crippen LogP contribution in [0, 0.1) is 0 Å². The minimum absolute atomic E-state index is 0.514. The van der Waals surface area contributed by atoms with Crippen molar-refractivity contribution in [1.29, 1.82) is 0 Å². The van der Waals surface area contributed by atoms with Crippen molar-refractivity contribution in [2.75, 3.05) is 0 Å². The molecule has 0 heterocycles. The standard InChI is InChI=1S/C14H22O/c1-4-7-8-11-9-12(5-2)14(15)13(6-3)10-11/h9-10,15H,4-8H2,1-3H3. The third kappa shape index (κ3) is 2.98. The minimum atomic E-state index is 0.514. The Morgan fingerprint density at radius 3 is 1.93 bits per heavy atom. The molecule has 0 amide bonds. The minimum Gasteiger partial charge on any atom is -0.507 e. The molecule has 0 fully saturated rings. The van der Waals surface area contributed by atoms with Crippen LogP contribution in [-0.2, 0) is 19.3 Å². The molecule has 0 spiro atoms. The quantitative estimate of drug-likeness (QED) is 0.775. The summed E-state index contributed by atoms with van der Waals surface area (Å²) < 4.78 is 0. The van der Waals surface area contributed by atoms with E-state index in [-0.39, 0.29) is 0 Å². The van der Waals surface area contributed by atoms with Gasteiger partial charge in [-0.25, -0.2) is 0 Å². The van der Waals surface area contributed by atoms with Crippen molar-refractivity contribution in [2.45, 2.75) is 52.9 Å². The zero-order chi connectivity index (χ0) is 11.3. The first-order chi connectivity index (χ1) is 7.22. The summed E-state index contributed by atoms with van der Waals surface area (Å²) in [4.78, 5) is 0. The average Bonchev–Trinajstić information content (AvgIpc) is 2.27. The molecule has 1 heteroatoms. The first-order valence-electron chi connectivity index (χ1n) is 6.06. The van der Waals surface area contributed by atoms with Crippen LogP contribution in [0.2, 0.25) is 0 Å². The fourth-order valence-electron chi connectivity index (χ4n) is 1.90. The molecular formula is C14H22O. The van der Waals surface area contributed by atoms with Crippen LogP contribution in [0.3, 0.4) is 0 Å². The van der Waals surface area contributed by atoms with Gasteiger partial charge < -0.3 is 5.11 Å². The summed E-state index contributed by atoms with van der Waals surface area (Å²) in [6, 6.07) is 4.31. The lowest BCUT2D eigenvalue weighted by Gasteiger charge is -2.10. The number of hydrogen-bond donors (Lipinski definition) is 1. The van der Waals surface area contributed by atoms with E-state index in [1.54, 1.807) is 0 Å². The van der Waals surface area contributed by atoms with Gasteiger partial charge in [0.2, 0.25) is 0 Å². The van der Waals surface area contributed by atoms with Gasteiger partial charge in [-0.3, -0.25) is 0 Å². The summed E-state index contributed by atoms with van der Waals surface area (Å²) in [6.45, 7) is 6.40. The van der Waals surface area contributed by atoms with Crippen LogP contribution in [0.5, 0.6) is 5.75 Å². The van der Waals surface area contributed by atoms with Crippen molar-refractivity contribution in [1.82, 2.24) is 0 Å². The zero-order valence-electron chi connectivity index (χ0n) is 10.1. The second kappa shape index (κ2) is 5.79. The van der Waals surface area contributed by atoms with Crippen LogP contribution < -0.4 is 0 Å². The van der Waals surface area contributed by atoms with Crippen LogP contribution in [0.15, 0.2) is 12.1 Å². The van der Waals surface area contributed by atoms with Crippen LogP contribution in [0.25, 0.3) is 0 Å². The Hall–Kier alpha value is -0.980. The second-order valence-corrected chi connectivity index (χ2v) is 4.07.